The number of carbonyl (C=O) groups is 1. The lowest BCUT2D eigenvalue weighted by Gasteiger charge is -2.05. The summed E-state index contributed by atoms with van der Waals surface area (Å²) in [7, 11) is 3.45. The average molecular weight is 204 g/mol. The minimum atomic E-state index is -0.230. The van der Waals surface area contributed by atoms with E-state index < -0.39 is 0 Å². The molecule has 1 aromatic heterocycles. The lowest BCUT2D eigenvalue weighted by molar-refractivity contribution is 0.254. The van der Waals surface area contributed by atoms with Crippen LogP contribution in [0.5, 0.6) is 0 Å². The van der Waals surface area contributed by atoms with E-state index in [9.17, 15) is 4.79 Å². The molecule has 78 valence electrons. The lowest BCUT2D eigenvalue weighted by atomic mass is 10.2. The van der Waals surface area contributed by atoms with Crippen molar-refractivity contribution in [3.05, 3.63) is 24.4 Å². The molecular weight excluding hydrogens is 192 g/mol. The number of carbonyl (C=O) groups excluding carboxylic acids is 1. The minimum absolute atomic E-state index is 0.230. The molecule has 0 atom stereocenters. The van der Waals surface area contributed by atoms with E-state index in [2.05, 4.69) is 15.7 Å². The Morgan fingerprint density at radius 2 is 2.27 bits per heavy atom. The first-order valence-electron chi connectivity index (χ1n) is 4.62. The summed E-state index contributed by atoms with van der Waals surface area (Å²) in [5.41, 5.74) is 1.75. The van der Waals surface area contributed by atoms with E-state index in [1.807, 2.05) is 25.2 Å². The summed E-state index contributed by atoms with van der Waals surface area (Å²) in [5.74, 6) is 0. The molecule has 0 bridgehead atoms. The van der Waals surface area contributed by atoms with Crippen LogP contribution in [-0.4, -0.2) is 22.9 Å². The van der Waals surface area contributed by atoms with Crippen molar-refractivity contribution in [3.63, 3.8) is 0 Å². The number of urea groups is 1. The Morgan fingerprint density at radius 1 is 1.47 bits per heavy atom. The highest BCUT2D eigenvalue weighted by Crippen LogP contribution is 2.22. The van der Waals surface area contributed by atoms with Gasteiger partial charge in [-0.1, -0.05) is 6.07 Å². The summed E-state index contributed by atoms with van der Waals surface area (Å²) in [6.07, 6.45) is 1.74. The Morgan fingerprint density at radius 3 is 3.00 bits per heavy atom. The van der Waals surface area contributed by atoms with Gasteiger partial charge in [-0.3, -0.25) is 4.68 Å². The van der Waals surface area contributed by atoms with Gasteiger partial charge in [0.15, 0.2) is 0 Å². The first kappa shape index (κ1) is 9.51. The van der Waals surface area contributed by atoms with Gasteiger partial charge in [0.2, 0.25) is 0 Å². The fourth-order valence-electron chi connectivity index (χ4n) is 1.47. The van der Waals surface area contributed by atoms with Crippen LogP contribution in [0.3, 0.4) is 0 Å². The van der Waals surface area contributed by atoms with E-state index in [1.165, 1.54) is 0 Å². The predicted octanol–water partition coefficient (Wildman–Crippen LogP) is 1.32. The molecule has 0 spiro atoms. The number of aromatic nitrogens is 2. The van der Waals surface area contributed by atoms with E-state index in [-0.39, 0.29) is 6.03 Å². The van der Waals surface area contributed by atoms with Gasteiger partial charge in [-0.2, -0.15) is 5.10 Å². The fraction of sp³-hybridized carbons (Fsp3) is 0.200. The van der Waals surface area contributed by atoms with Gasteiger partial charge in [0, 0.05) is 19.5 Å². The van der Waals surface area contributed by atoms with Crippen molar-refractivity contribution in [3.8, 4) is 0 Å². The van der Waals surface area contributed by atoms with Crippen LogP contribution in [0.15, 0.2) is 24.4 Å². The molecule has 0 unspecified atom stereocenters. The van der Waals surface area contributed by atoms with E-state index >= 15 is 0 Å². The number of fused-ring (bicyclic) bond motifs is 1. The summed E-state index contributed by atoms with van der Waals surface area (Å²) in [4.78, 5) is 11.2. The third-order valence-corrected chi connectivity index (χ3v) is 2.27. The number of benzene rings is 1. The number of nitrogens with zero attached hydrogens (tertiary/aromatic N) is 2. The van der Waals surface area contributed by atoms with E-state index in [1.54, 1.807) is 17.9 Å². The van der Waals surface area contributed by atoms with Crippen molar-refractivity contribution in [2.75, 3.05) is 12.4 Å². The van der Waals surface area contributed by atoms with Crippen LogP contribution in [0.2, 0.25) is 0 Å². The highest BCUT2D eigenvalue weighted by atomic mass is 16.2. The molecule has 5 heteroatoms. The van der Waals surface area contributed by atoms with Crippen LogP contribution in [0.4, 0.5) is 10.5 Å². The molecule has 5 nitrogen and oxygen atoms in total. The Balaban J connectivity index is 2.47. The van der Waals surface area contributed by atoms with Crippen molar-refractivity contribution >= 4 is 22.6 Å². The van der Waals surface area contributed by atoms with Crippen LogP contribution in [0.25, 0.3) is 10.9 Å². The second kappa shape index (κ2) is 3.61. The molecule has 0 aliphatic carbocycles. The maximum absolute atomic E-state index is 11.2. The van der Waals surface area contributed by atoms with Crippen LogP contribution >= 0.6 is 0 Å². The van der Waals surface area contributed by atoms with Crippen molar-refractivity contribution in [2.45, 2.75) is 0 Å². The van der Waals surface area contributed by atoms with Crippen molar-refractivity contribution in [2.24, 2.45) is 7.05 Å². The average Bonchev–Trinajstić information content (AvgIpc) is 2.62. The Hall–Kier alpha value is -2.04. The van der Waals surface area contributed by atoms with E-state index in [4.69, 9.17) is 0 Å². The fourth-order valence-corrected chi connectivity index (χ4v) is 1.47. The standard InChI is InChI=1S/C10H12N4O/c1-11-10(15)13-8-4-3-5-9-7(8)6-12-14(9)2/h3-6H,1-2H3,(H2,11,13,15). The normalized spacial score (nSPS) is 10.3. The first-order valence-corrected chi connectivity index (χ1v) is 4.62. The van der Waals surface area contributed by atoms with E-state index in [0.717, 1.165) is 16.6 Å². The molecule has 2 rings (SSSR count). The molecule has 1 aromatic carbocycles. The molecule has 2 amide bonds. The van der Waals surface area contributed by atoms with Gasteiger partial charge in [0.1, 0.15) is 0 Å². The second-order valence-electron chi connectivity index (χ2n) is 3.21. The molecule has 2 N–H and O–H groups in total. The maximum Gasteiger partial charge on any atom is 0.318 e. The molecule has 15 heavy (non-hydrogen) atoms. The number of anilines is 1. The maximum atomic E-state index is 11.2. The molecule has 1 heterocycles. The third kappa shape index (κ3) is 1.63. The summed E-state index contributed by atoms with van der Waals surface area (Å²) >= 11 is 0. The highest BCUT2D eigenvalue weighted by molar-refractivity contribution is 6.00. The topological polar surface area (TPSA) is 59.0 Å². The largest absolute Gasteiger partial charge is 0.341 e. The molecule has 0 aliphatic rings. The van der Waals surface area contributed by atoms with Gasteiger partial charge in [-0.15, -0.1) is 0 Å². The summed E-state index contributed by atoms with van der Waals surface area (Å²) in [6, 6.07) is 5.46. The molecule has 2 aromatic rings. The SMILES string of the molecule is CNC(=O)Nc1cccc2c1cnn2C. The van der Waals surface area contributed by atoms with Crippen molar-refractivity contribution in [1.82, 2.24) is 15.1 Å². The van der Waals surface area contributed by atoms with Crippen molar-refractivity contribution in [1.29, 1.82) is 0 Å². The van der Waals surface area contributed by atoms with Crippen LogP contribution in [0.1, 0.15) is 0 Å². The number of hydrogen-bond donors (Lipinski definition) is 2. The minimum Gasteiger partial charge on any atom is -0.341 e. The van der Waals surface area contributed by atoms with Gasteiger partial charge >= 0.3 is 6.03 Å². The number of nitrogens with one attached hydrogen (secondary N) is 2. The summed E-state index contributed by atoms with van der Waals surface area (Å²) in [6.45, 7) is 0. The quantitative estimate of drug-likeness (QED) is 0.736. The smallest absolute Gasteiger partial charge is 0.318 e. The van der Waals surface area contributed by atoms with Crippen LogP contribution < -0.4 is 10.6 Å². The van der Waals surface area contributed by atoms with Gasteiger partial charge in [0.05, 0.1) is 17.4 Å². The third-order valence-electron chi connectivity index (χ3n) is 2.27. The zero-order valence-electron chi connectivity index (χ0n) is 8.61. The van der Waals surface area contributed by atoms with Gasteiger partial charge in [-0.05, 0) is 12.1 Å². The summed E-state index contributed by atoms with van der Waals surface area (Å²) in [5, 5.41) is 10.3. The highest BCUT2D eigenvalue weighted by Gasteiger charge is 2.06. The number of hydrogen-bond acceptors (Lipinski definition) is 2. The molecule has 0 saturated carbocycles. The first-order chi connectivity index (χ1) is 7.22. The Labute approximate surface area is 87.1 Å². The van der Waals surface area contributed by atoms with Gasteiger partial charge in [0.25, 0.3) is 0 Å². The zero-order chi connectivity index (χ0) is 10.8. The van der Waals surface area contributed by atoms with Crippen molar-refractivity contribution < 1.29 is 4.79 Å². The predicted molar refractivity (Wildman–Crippen MR) is 58.8 cm³/mol. The van der Waals surface area contributed by atoms with Gasteiger partial charge in [-0.25, -0.2) is 4.79 Å². The molecule has 0 aliphatic heterocycles. The van der Waals surface area contributed by atoms with Crippen LogP contribution in [0, 0.1) is 0 Å². The zero-order valence-corrected chi connectivity index (χ0v) is 8.61. The van der Waals surface area contributed by atoms with E-state index in [0.29, 0.717) is 0 Å². The lowest BCUT2D eigenvalue weighted by Crippen LogP contribution is -2.24. The second-order valence-corrected chi connectivity index (χ2v) is 3.21. The Kier molecular flexibility index (Phi) is 2.29. The molecular formula is C10H12N4O. The monoisotopic (exact) mass is 204 g/mol. The van der Waals surface area contributed by atoms with Gasteiger partial charge < -0.3 is 10.6 Å². The molecule has 0 saturated heterocycles. The van der Waals surface area contributed by atoms with Crippen LogP contribution in [-0.2, 0) is 7.05 Å². The Bertz CT molecular complexity index is 503. The molecule has 0 radical (unpaired) electrons. The number of aryl methyl sites for hydroxylation is 1. The number of amides is 2. The molecule has 0 fully saturated rings. The number of rotatable bonds is 1. The summed E-state index contributed by atoms with van der Waals surface area (Å²) < 4.78 is 1.77.